The van der Waals surface area contributed by atoms with Crippen molar-refractivity contribution in [3.63, 3.8) is 0 Å². The summed E-state index contributed by atoms with van der Waals surface area (Å²) in [5.41, 5.74) is 1.66. The van der Waals surface area contributed by atoms with Crippen molar-refractivity contribution in [2.24, 2.45) is 0 Å². The molecular formula is C18H27NO4. The van der Waals surface area contributed by atoms with E-state index >= 15 is 0 Å². The zero-order chi connectivity index (χ0) is 17.4. The average Bonchev–Trinajstić information content (AvgIpc) is 2.55. The Morgan fingerprint density at radius 3 is 1.96 bits per heavy atom. The number of carbonyl (C=O) groups is 2. The second-order valence-electron chi connectivity index (χ2n) is 5.42. The van der Waals surface area contributed by atoms with Crippen molar-refractivity contribution in [3.05, 3.63) is 35.4 Å². The van der Waals surface area contributed by atoms with Crippen LogP contribution in [0.1, 0.15) is 50.5 Å². The number of ether oxygens (including phenoxy) is 2. The van der Waals surface area contributed by atoms with Crippen molar-refractivity contribution in [3.8, 4) is 0 Å². The summed E-state index contributed by atoms with van der Waals surface area (Å²) in [6.45, 7) is 10.4. The van der Waals surface area contributed by atoms with Crippen molar-refractivity contribution in [2.75, 3.05) is 13.1 Å². The monoisotopic (exact) mass is 321 g/mol. The number of aryl methyl sites for hydroxylation is 1. The quantitative estimate of drug-likeness (QED) is 0.719. The van der Waals surface area contributed by atoms with E-state index in [2.05, 4.69) is 6.92 Å². The fraction of sp³-hybridized carbons (Fsp3) is 0.556. The molecule has 5 heteroatoms. The van der Waals surface area contributed by atoms with Gasteiger partial charge in [0.25, 0.3) is 0 Å². The second-order valence-corrected chi connectivity index (χ2v) is 5.42. The van der Waals surface area contributed by atoms with Crippen molar-refractivity contribution in [2.45, 2.75) is 53.2 Å². The Morgan fingerprint density at radius 1 is 0.957 bits per heavy atom. The highest BCUT2D eigenvalue weighted by atomic mass is 16.6. The van der Waals surface area contributed by atoms with Crippen LogP contribution in [0.2, 0.25) is 0 Å². The lowest BCUT2D eigenvalue weighted by atomic mass is 10.1. The molecule has 0 heterocycles. The Balaban J connectivity index is 2.57. The van der Waals surface area contributed by atoms with Gasteiger partial charge in [-0.15, -0.1) is 0 Å². The molecule has 1 rings (SSSR count). The van der Waals surface area contributed by atoms with Crippen molar-refractivity contribution >= 4 is 12.1 Å². The van der Waals surface area contributed by atoms with Gasteiger partial charge in [0.05, 0.1) is 5.56 Å². The summed E-state index contributed by atoms with van der Waals surface area (Å²) in [4.78, 5) is 25.6. The molecule has 0 aromatic heterocycles. The molecule has 1 amide bonds. The normalized spacial score (nSPS) is 13.1. The highest BCUT2D eigenvalue weighted by molar-refractivity contribution is 5.89. The Morgan fingerprint density at radius 2 is 1.48 bits per heavy atom. The first-order valence-electron chi connectivity index (χ1n) is 8.18. The van der Waals surface area contributed by atoms with Gasteiger partial charge in [-0.2, -0.15) is 0 Å². The number of hydrogen-bond acceptors (Lipinski definition) is 4. The van der Waals surface area contributed by atoms with Crippen LogP contribution in [0.5, 0.6) is 0 Å². The zero-order valence-corrected chi connectivity index (χ0v) is 14.7. The third kappa shape index (κ3) is 5.58. The van der Waals surface area contributed by atoms with E-state index in [1.165, 1.54) is 0 Å². The highest BCUT2D eigenvalue weighted by Gasteiger charge is 2.23. The Hall–Kier alpha value is -2.04. The number of rotatable bonds is 7. The lowest BCUT2D eigenvalue weighted by molar-refractivity contribution is -0.0196. The van der Waals surface area contributed by atoms with Crippen LogP contribution in [0.25, 0.3) is 0 Å². The largest absolute Gasteiger partial charge is 0.455 e. The zero-order valence-electron chi connectivity index (χ0n) is 14.7. The first kappa shape index (κ1) is 19.0. The van der Waals surface area contributed by atoms with Crippen LogP contribution in [-0.2, 0) is 15.9 Å². The summed E-state index contributed by atoms with van der Waals surface area (Å²) in [5.74, 6) is -0.411. The Bertz CT molecular complexity index is 508. The molecule has 2 atom stereocenters. The molecule has 0 radical (unpaired) electrons. The molecule has 0 aliphatic heterocycles. The summed E-state index contributed by atoms with van der Waals surface area (Å²) < 4.78 is 10.7. The first-order valence-corrected chi connectivity index (χ1v) is 8.18. The second kappa shape index (κ2) is 9.18. The lowest BCUT2D eigenvalue weighted by Gasteiger charge is -2.25. The van der Waals surface area contributed by atoms with Crippen LogP contribution >= 0.6 is 0 Å². The van der Waals surface area contributed by atoms with Gasteiger partial charge in [0, 0.05) is 13.1 Å². The number of carbonyl (C=O) groups excluding carboxylic acids is 2. The third-order valence-electron chi connectivity index (χ3n) is 3.86. The van der Waals surface area contributed by atoms with Gasteiger partial charge in [0.1, 0.15) is 12.2 Å². The number of hydrogen-bond donors (Lipinski definition) is 0. The molecule has 5 nitrogen and oxygen atoms in total. The summed E-state index contributed by atoms with van der Waals surface area (Å²) in [5, 5.41) is 0. The molecule has 0 aliphatic carbocycles. The van der Waals surface area contributed by atoms with Gasteiger partial charge in [-0.3, -0.25) is 0 Å². The molecule has 0 fully saturated rings. The summed E-state index contributed by atoms with van der Waals surface area (Å²) in [6, 6.07) is 7.32. The maximum atomic E-state index is 12.1. The fourth-order valence-electron chi connectivity index (χ4n) is 2.02. The third-order valence-corrected chi connectivity index (χ3v) is 3.86. The van der Waals surface area contributed by atoms with E-state index in [1.54, 1.807) is 30.9 Å². The maximum absolute atomic E-state index is 12.1. The van der Waals surface area contributed by atoms with E-state index in [0.29, 0.717) is 18.7 Å². The Kier molecular flexibility index (Phi) is 7.59. The van der Waals surface area contributed by atoms with Gasteiger partial charge < -0.3 is 14.4 Å². The molecular weight excluding hydrogens is 294 g/mol. The minimum atomic E-state index is -0.520. The van der Waals surface area contributed by atoms with Crippen molar-refractivity contribution in [1.82, 2.24) is 4.90 Å². The maximum Gasteiger partial charge on any atom is 0.410 e. The van der Waals surface area contributed by atoms with Crippen molar-refractivity contribution in [1.29, 1.82) is 0 Å². The Labute approximate surface area is 138 Å². The van der Waals surface area contributed by atoms with Gasteiger partial charge in [0.15, 0.2) is 0 Å². The molecule has 23 heavy (non-hydrogen) atoms. The predicted molar refractivity (Wildman–Crippen MR) is 89.6 cm³/mol. The van der Waals surface area contributed by atoms with Crippen LogP contribution in [0, 0.1) is 0 Å². The summed E-state index contributed by atoms with van der Waals surface area (Å²) in [7, 11) is 0. The van der Waals surface area contributed by atoms with Crippen molar-refractivity contribution < 1.29 is 19.1 Å². The fourth-order valence-corrected chi connectivity index (χ4v) is 2.02. The predicted octanol–water partition coefficient (Wildman–Crippen LogP) is 3.66. The molecule has 0 saturated heterocycles. The molecule has 128 valence electrons. The van der Waals surface area contributed by atoms with E-state index in [9.17, 15) is 9.59 Å². The SMILES string of the molecule is CCc1ccc(C(=O)OC(C)C(C)OC(=O)N(CC)CC)cc1. The van der Waals surface area contributed by atoms with Crippen LogP contribution in [0.4, 0.5) is 4.79 Å². The number of nitrogens with zero attached hydrogens (tertiary/aromatic N) is 1. The van der Waals surface area contributed by atoms with E-state index < -0.39 is 24.3 Å². The minimum absolute atomic E-state index is 0.391. The molecule has 0 N–H and O–H groups in total. The van der Waals surface area contributed by atoms with Gasteiger partial charge in [0.2, 0.25) is 0 Å². The molecule has 0 aliphatic rings. The van der Waals surface area contributed by atoms with Gasteiger partial charge in [-0.25, -0.2) is 9.59 Å². The standard InChI is InChI=1S/C18H27NO4/c1-6-15-9-11-16(12-10-15)17(20)22-13(4)14(5)23-18(21)19(7-2)8-3/h9-14H,6-8H2,1-5H3. The molecule has 2 unspecified atom stereocenters. The lowest BCUT2D eigenvalue weighted by Crippen LogP contribution is -2.37. The van der Waals surface area contributed by atoms with Crippen LogP contribution in [-0.4, -0.2) is 42.3 Å². The molecule has 1 aromatic rings. The minimum Gasteiger partial charge on any atom is -0.455 e. The van der Waals surface area contributed by atoms with E-state index in [-0.39, 0.29) is 0 Å². The van der Waals surface area contributed by atoms with Gasteiger partial charge in [-0.1, -0.05) is 19.1 Å². The van der Waals surface area contributed by atoms with E-state index in [1.807, 2.05) is 26.0 Å². The van der Waals surface area contributed by atoms with Crippen LogP contribution < -0.4 is 0 Å². The smallest absolute Gasteiger partial charge is 0.410 e. The highest BCUT2D eigenvalue weighted by Crippen LogP contribution is 2.11. The number of amides is 1. The average molecular weight is 321 g/mol. The van der Waals surface area contributed by atoms with Crippen LogP contribution in [0.3, 0.4) is 0 Å². The van der Waals surface area contributed by atoms with E-state index in [0.717, 1.165) is 12.0 Å². The van der Waals surface area contributed by atoms with Gasteiger partial charge >= 0.3 is 12.1 Å². The number of esters is 1. The molecule has 0 spiro atoms. The molecule has 1 aromatic carbocycles. The summed E-state index contributed by atoms with van der Waals surface area (Å²) in [6.07, 6.45) is -0.503. The van der Waals surface area contributed by atoms with Crippen LogP contribution in [0.15, 0.2) is 24.3 Å². The molecule has 0 saturated carbocycles. The van der Waals surface area contributed by atoms with Gasteiger partial charge in [-0.05, 0) is 51.8 Å². The first-order chi connectivity index (χ1) is 10.9. The van der Waals surface area contributed by atoms with E-state index in [4.69, 9.17) is 9.47 Å². The summed E-state index contributed by atoms with van der Waals surface area (Å²) >= 11 is 0. The number of benzene rings is 1. The molecule has 0 bridgehead atoms. The topological polar surface area (TPSA) is 55.8 Å².